The Morgan fingerprint density at radius 1 is 0.947 bits per heavy atom. The Morgan fingerprint density at radius 3 is 2.50 bits per heavy atom. The molecule has 10 heteroatoms. The molecule has 0 aliphatic rings. The number of thiazole rings is 1. The van der Waals surface area contributed by atoms with Gasteiger partial charge in [0.2, 0.25) is 5.13 Å². The molecule has 4 aromatic heterocycles. The second kappa shape index (κ2) is 9.59. The Hall–Kier alpha value is -4.21. The molecule has 0 bridgehead atoms. The molecule has 0 spiro atoms. The van der Waals surface area contributed by atoms with Crippen LogP contribution in [0.2, 0.25) is 5.15 Å². The normalized spacial score (nSPS) is 11.4. The van der Waals surface area contributed by atoms with Crippen molar-refractivity contribution in [2.24, 2.45) is 0 Å². The highest BCUT2D eigenvalue weighted by Gasteiger charge is 2.23. The van der Waals surface area contributed by atoms with E-state index < -0.39 is 0 Å². The molecule has 2 aromatic carbocycles. The molecule has 0 aliphatic carbocycles. The number of rotatable bonds is 6. The highest BCUT2D eigenvalue weighted by atomic mass is 35.5. The molecule has 0 amide bonds. The van der Waals surface area contributed by atoms with E-state index >= 15 is 0 Å². The fraction of sp³-hybridized carbons (Fsp3) is 0.143. The fourth-order valence-electron chi connectivity index (χ4n) is 4.71. The third-order valence-electron chi connectivity index (χ3n) is 6.51. The van der Waals surface area contributed by atoms with Crippen molar-refractivity contribution in [3.05, 3.63) is 116 Å². The summed E-state index contributed by atoms with van der Waals surface area (Å²) in [6.07, 6.45) is 0. The van der Waals surface area contributed by atoms with Gasteiger partial charge in [-0.1, -0.05) is 65.4 Å². The first-order valence-corrected chi connectivity index (χ1v) is 13.1. The number of aromatic nitrogens is 5. The lowest BCUT2D eigenvalue weighted by molar-refractivity contribution is 0.419. The largest absolute Gasteiger partial charge is 0.494 e. The van der Waals surface area contributed by atoms with E-state index in [0.717, 1.165) is 10.3 Å². The van der Waals surface area contributed by atoms with Gasteiger partial charge in [0.1, 0.15) is 16.4 Å². The molecular weight excluding hydrogens is 522 g/mol. The first-order valence-electron chi connectivity index (χ1n) is 11.9. The summed E-state index contributed by atoms with van der Waals surface area (Å²) in [6.45, 7) is 2.36. The van der Waals surface area contributed by atoms with Crippen LogP contribution in [0.1, 0.15) is 17.0 Å². The fourth-order valence-corrected chi connectivity index (χ4v) is 5.88. The van der Waals surface area contributed by atoms with Crippen LogP contribution in [0.4, 0.5) is 0 Å². The van der Waals surface area contributed by atoms with E-state index in [2.05, 4.69) is 4.98 Å². The van der Waals surface area contributed by atoms with Gasteiger partial charge in [-0.15, -0.1) is 0 Å². The molecule has 0 atom stereocenters. The van der Waals surface area contributed by atoms with Gasteiger partial charge < -0.3 is 9.30 Å². The molecule has 0 N–H and O–H groups in total. The smallest absolute Gasteiger partial charge is 0.283 e. The Morgan fingerprint density at radius 2 is 1.74 bits per heavy atom. The summed E-state index contributed by atoms with van der Waals surface area (Å²) in [6, 6.07) is 22.3. The highest BCUT2D eigenvalue weighted by Crippen LogP contribution is 2.32. The van der Waals surface area contributed by atoms with Crippen molar-refractivity contribution in [1.82, 2.24) is 23.9 Å². The van der Waals surface area contributed by atoms with Gasteiger partial charge in [0.15, 0.2) is 0 Å². The molecular formula is C28H22ClN5O3S. The maximum Gasteiger partial charge on any atom is 0.283 e. The van der Waals surface area contributed by atoms with Gasteiger partial charge >= 0.3 is 0 Å². The quantitative estimate of drug-likeness (QED) is 0.275. The van der Waals surface area contributed by atoms with Crippen LogP contribution >= 0.6 is 22.9 Å². The first-order chi connectivity index (χ1) is 18.4. The van der Waals surface area contributed by atoms with Crippen molar-refractivity contribution in [2.45, 2.75) is 20.0 Å². The van der Waals surface area contributed by atoms with Gasteiger partial charge in [-0.25, -0.2) is 9.97 Å². The van der Waals surface area contributed by atoms with E-state index in [4.69, 9.17) is 21.3 Å². The topological polar surface area (TPSA) is 83.9 Å². The maximum absolute atomic E-state index is 14.1. The SMILES string of the molecule is COc1cccc2sc(-n3c(=O)c4c(C)n(Cc5cccc(Cl)n5)c(=O)cc4n3Cc3ccccc3)nc12. The molecule has 0 radical (unpaired) electrons. The molecule has 4 heterocycles. The van der Waals surface area contributed by atoms with E-state index in [0.29, 0.717) is 50.4 Å². The summed E-state index contributed by atoms with van der Waals surface area (Å²) in [7, 11) is 1.60. The number of fused-ring (bicyclic) bond motifs is 2. The second-order valence-corrected chi connectivity index (χ2v) is 10.2. The second-order valence-electron chi connectivity index (χ2n) is 8.83. The minimum atomic E-state index is -0.251. The number of ether oxygens (including phenoxy) is 1. The molecule has 38 heavy (non-hydrogen) atoms. The molecule has 0 saturated carbocycles. The molecule has 0 fully saturated rings. The van der Waals surface area contributed by atoms with Crippen LogP contribution < -0.4 is 15.9 Å². The van der Waals surface area contributed by atoms with Crippen LogP contribution in [0.3, 0.4) is 0 Å². The number of methoxy groups -OCH3 is 1. The van der Waals surface area contributed by atoms with Gasteiger partial charge in [-0.05, 0) is 36.8 Å². The summed E-state index contributed by atoms with van der Waals surface area (Å²) in [5, 5.41) is 1.29. The summed E-state index contributed by atoms with van der Waals surface area (Å²) in [5.41, 5.74) is 2.91. The Labute approximate surface area is 225 Å². The van der Waals surface area contributed by atoms with Crippen LogP contribution in [0.15, 0.2) is 82.4 Å². The van der Waals surface area contributed by atoms with Crippen molar-refractivity contribution >= 4 is 44.1 Å². The minimum absolute atomic E-state index is 0.197. The van der Waals surface area contributed by atoms with Crippen molar-refractivity contribution in [1.29, 1.82) is 0 Å². The standard InChI is InChI=1S/C28H22ClN5O3S/c1-17-25-20(14-24(35)32(17)16-19-10-6-13-23(29)30-19)33(15-18-8-4-3-5-9-18)34(27(25)36)28-31-26-21(37-2)11-7-12-22(26)38-28/h3-14H,15-16H2,1-2H3. The van der Waals surface area contributed by atoms with Crippen LogP contribution in [0.25, 0.3) is 26.3 Å². The Bertz CT molecular complexity index is 1940. The van der Waals surface area contributed by atoms with Crippen LogP contribution in [0.5, 0.6) is 5.75 Å². The Kier molecular flexibility index (Phi) is 6.09. The number of para-hydroxylation sites is 1. The molecule has 0 saturated heterocycles. The van der Waals surface area contributed by atoms with E-state index in [1.807, 2.05) is 53.2 Å². The third kappa shape index (κ3) is 4.09. The zero-order chi connectivity index (χ0) is 26.4. The zero-order valence-corrected chi connectivity index (χ0v) is 22.2. The monoisotopic (exact) mass is 543 g/mol. The van der Waals surface area contributed by atoms with Gasteiger partial charge in [-0.2, -0.15) is 4.68 Å². The zero-order valence-electron chi connectivity index (χ0n) is 20.6. The van der Waals surface area contributed by atoms with Gasteiger partial charge in [0, 0.05) is 11.8 Å². The van der Waals surface area contributed by atoms with E-state index in [1.165, 1.54) is 17.4 Å². The van der Waals surface area contributed by atoms with Crippen molar-refractivity contribution in [3.63, 3.8) is 0 Å². The van der Waals surface area contributed by atoms with E-state index in [1.54, 1.807) is 41.5 Å². The number of benzene rings is 2. The summed E-state index contributed by atoms with van der Waals surface area (Å²) in [5.74, 6) is 0.633. The number of hydrogen-bond donors (Lipinski definition) is 0. The number of aryl methyl sites for hydroxylation is 1. The highest BCUT2D eigenvalue weighted by molar-refractivity contribution is 7.20. The molecule has 0 unspecified atom stereocenters. The molecule has 8 nitrogen and oxygen atoms in total. The molecule has 190 valence electrons. The number of pyridine rings is 2. The van der Waals surface area contributed by atoms with Gasteiger partial charge in [0.05, 0.1) is 41.5 Å². The lowest BCUT2D eigenvalue weighted by Crippen LogP contribution is -2.24. The molecule has 6 rings (SSSR count). The molecule has 6 aromatic rings. The third-order valence-corrected chi connectivity index (χ3v) is 7.72. The van der Waals surface area contributed by atoms with E-state index in [9.17, 15) is 9.59 Å². The Balaban J connectivity index is 1.61. The summed E-state index contributed by atoms with van der Waals surface area (Å²) >= 11 is 7.46. The number of nitrogens with zero attached hydrogens (tertiary/aromatic N) is 5. The summed E-state index contributed by atoms with van der Waals surface area (Å²) in [4.78, 5) is 36.6. The average molecular weight is 544 g/mol. The van der Waals surface area contributed by atoms with Crippen LogP contribution in [-0.2, 0) is 13.1 Å². The minimum Gasteiger partial charge on any atom is -0.494 e. The lowest BCUT2D eigenvalue weighted by atomic mass is 10.2. The predicted molar refractivity (Wildman–Crippen MR) is 150 cm³/mol. The maximum atomic E-state index is 14.1. The summed E-state index contributed by atoms with van der Waals surface area (Å²) < 4.78 is 11.3. The number of hydrogen-bond acceptors (Lipinski definition) is 6. The van der Waals surface area contributed by atoms with Crippen LogP contribution in [-0.4, -0.2) is 31.0 Å². The lowest BCUT2D eigenvalue weighted by Gasteiger charge is -2.12. The predicted octanol–water partition coefficient (Wildman–Crippen LogP) is 5.03. The van der Waals surface area contributed by atoms with Gasteiger partial charge in [0.25, 0.3) is 11.1 Å². The average Bonchev–Trinajstić information content (AvgIpc) is 3.45. The van der Waals surface area contributed by atoms with E-state index in [-0.39, 0.29) is 17.7 Å². The van der Waals surface area contributed by atoms with Crippen LogP contribution in [0, 0.1) is 6.92 Å². The van der Waals surface area contributed by atoms with Gasteiger partial charge in [-0.3, -0.25) is 14.3 Å². The first kappa shape index (κ1) is 24.1. The number of halogens is 1. The van der Waals surface area contributed by atoms with Crippen molar-refractivity contribution in [3.8, 4) is 10.9 Å². The van der Waals surface area contributed by atoms with Crippen molar-refractivity contribution < 1.29 is 4.74 Å². The molecule has 0 aliphatic heterocycles. The van der Waals surface area contributed by atoms with Crippen molar-refractivity contribution in [2.75, 3.05) is 7.11 Å².